The number of benzene rings is 1. The van der Waals surface area contributed by atoms with E-state index in [-0.39, 0.29) is 5.82 Å². The molecular formula is C12H14FN3S2. The van der Waals surface area contributed by atoms with Crippen LogP contribution in [0.2, 0.25) is 0 Å². The van der Waals surface area contributed by atoms with Crippen molar-refractivity contribution < 1.29 is 4.39 Å². The second-order valence-electron chi connectivity index (χ2n) is 3.76. The van der Waals surface area contributed by atoms with E-state index in [0.717, 1.165) is 27.0 Å². The molecule has 0 aliphatic rings. The van der Waals surface area contributed by atoms with Gasteiger partial charge < -0.3 is 5.32 Å². The molecule has 0 bridgehead atoms. The van der Waals surface area contributed by atoms with Gasteiger partial charge in [0.2, 0.25) is 0 Å². The maximum absolute atomic E-state index is 13.5. The van der Waals surface area contributed by atoms with Crippen molar-refractivity contribution in [2.75, 3.05) is 7.05 Å². The highest BCUT2D eigenvalue weighted by Gasteiger charge is 2.07. The van der Waals surface area contributed by atoms with Gasteiger partial charge >= 0.3 is 0 Å². The Balaban J connectivity index is 2.17. The van der Waals surface area contributed by atoms with E-state index < -0.39 is 0 Å². The van der Waals surface area contributed by atoms with E-state index in [1.807, 2.05) is 20.0 Å². The maximum atomic E-state index is 13.5. The van der Waals surface area contributed by atoms with E-state index in [1.54, 1.807) is 0 Å². The summed E-state index contributed by atoms with van der Waals surface area (Å²) < 4.78 is 18.5. The van der Waals surface area contributed by atoms with Crippen molar-refractivity contribution in [2.24, 2.45) is 0 Å². The molecule has 1 heterocycles. The fourth-order valence-corrected chi connectivity index (χ4v) is 3.29. The molecule has 0 saturated heterocycles. The lowest BCUT2D eigenvalue weighted by atomic mass is 10.2. The molecule has 96 valence electrons. The largest absolute Gasteiger partial charge is 0.316 e. The molecule has 1 aromatic heterocycles. The third-order valence-electron chi connectivity index (χ3n) is 2.28. The molecule has 0 aliphatic heterocycles. The maximum Gasteiger partial charge on any atom is 0.174 e. The first-order valence-corrected chi connectivity index (χ1v) is 7.24. The van der Waals surface area contributed by atoms with Crippen LogP contribution in [0.25, 0.3) is 0 Å². The number of aryl methyl sites for hydroxylation is 1. The second-order valence-corrected chi connectivity index (χ2v) is 5.83. The van der Waals surface area contributed by atoms with E-state index in [9.17, 15) is 4.39 Å². The van der Waals surface area contributed by atoms with Gasteiger partial charge in [-0.05, 0) is 42.3 Å². The van der Waals surface area contributed by atoms with E-state index in [1.165, 1.54) is 35.4 Å². The first-order chi connectivity index (χ1) is 8.71. The Morgan fingerprint density at radius 2 is 2.22 bits per heavy atom. The SMILES string of the molecule is CCc1nsc(Sc2cc(F)cc(CNC)c2)n1. The highest BCUT2D eigenvalue weighted by Crippen LogP contribution is 2.30. The normalized spacial score (nSPS) is 10.8. The van der Waals surface area contributed by atoms with Gasteiger partial charge in [0, 0.05) is 17.9 Å². The summed E-state index contributed by atoms with van der Waals surface area (Å²) in [5, 5.41) is 3.01. The average Bonchev–Trinajstić information content (AvgIpc) is 2.76. The van der Waals surface area contributed by atoms with Crippen molar-refractivity contribution in [3.8, 4) is 0 Å². The van der Waals surface area contributed by atoms with E-state index in [2.05, 4.69) is 14.7 Å². The Hall–Kier alpha value is -0.980. The van der Waals surface area contributed by atoms with Crippen molar-refractivity contribution >= 4 is 23.3 Å². The third kappa shape index (κ3) is 3.51. The molecule has 0 aliphatic carbocycles. The van der Waals surface area contributed by atoms with Crippen LogP contribution in [0.1, 0.15) is 18.3 Å². The summed E-state index contributed by atoms with van der Waals surface area (Å²) in [6.07, 6.45) is 0.825. The van der Waals surface area contributed by atoms with Gasteiger partial charge in [-0.15, -0.1) is 0 Å². The predicted molar refractivity (Wildman–Crippen MR) is 72.6 cm³/mol. The first kappa shape index (κ1) is 13.5. The van der Waals surface area contributed by atoms with Gasteiger partial charge in [-0.3, -0.25) is 0 Å². The van der Waals surface area contributed by atoms with Crippen molar-refractivity contribution in [3.05, 3.63) is 35.4 Å². The lowest BCUT2D eigenvalue weighted by molar-refractivity contribution is 0.619. The van der Waals surface area contributed by atoms with Gasteiger partial charge in [-0.1, -0.05) is 18.7 Å². The zero-order valence-electron chi connectivity index (χ0n) is 10.2. The monoisotopic (exact) mass is 283 g/mol. The molecule has 0 atom stereocenters. The van der Waals surface area contributed by atoms with Gasteiger partial charge in [-0.2, -0.15) is 4.37 Å². The Morgan fingerprint density at radius 1 is 1.39 bits per heavy atom. The zero-order chi connectivity index (χ0) is 13.0. The number of aromatic nitrogens is 2. The Bertz CT molecular complexity index is 528. The topological polar surface area (TPSA) is 37.8 Å². The standard InChI is InChI=1S/C12H14FN3S2/c1-3-11-15-12(18-16-11)17-10-5-8(7-14-2)4-9(13)6-10/h4-6,14H,3,7H2,1-2H3. The molecule has 3 nitrogen and oxygen atoms in total. The third-order valence-corrected chi connectivity index (χ3v) is 4.04. The van der Waals surface area contributed by atoms with Crippen LogP contribution in [-0.2, 0) is 13.0 Å². The highest BCUT2D eigenvalue weighted by atomic mass is 32.2. The summed E-state index contributed by atoms with van der Waals surface area (Å²) in [5.41, 5.74) is 0.931. The van der Waals surface area contributed by atoms with Gasteiger partial charge in [0.05, 0.1) is 0 Å². The second kappa shape index (κ2) is 6.26. The van der Waals surface area contributed by atoms with E-state index in [0.29, 0.717) is 6.54 Å². The lowest BCUT2D eigenvalue weighted by Gasteiger charge is -2.03. The summed E-state index contributed by atoms with van der Waals surface area (Å²) in [4.78, 5) is 5.22. The molecule has 0 radical (unpaired) electrons. The Kier molecular flexibility index (Phi) is 4.68. The lowest BCUT2D eigenvalue weighted by Crippen LogP contribution is -2.05. The molecule has 2 rings (SSSR count). The number of hydrogen-bond donors (Lipinski definition) is 1. The van der Waals surface area contributed by atoms with Gasteiger partial charge in [0.25, 0.3) is 0 Å². The molecular weight excluding hydrogens is 269 g/mol. The van der Waals surface area contributed by atoms with Crippen LogP contribution >= 0.6 is 23.3 Å². The van der Waals surface area contributed by atoms with Gasteiger partial charge in [0.1, 0.15) is 11.6 Å². The first-order valence-electron chi connectivity index (χ1n) is 5.65. The minimum atomic E-state index is -0.217. The van der Waals surface area contributed by atoms with Crippen molar-refractivity contribution in [3.63, 3.8) is 0 Å². The molecule has 18 heavy (non-hydrogen) atoms. The van der Waals surface area contributed by atoms with Crippen molar-refractivity contribution in [2.45, 2.75) is 29.1 Å². The molecule has 1 aromatic carbocycles. The van der Waals surface area contributed by atoms with Crippen LogP contribution in [0, 0.1) is 5.82 Å². The molecule has 1 N–H and O–H groups in total. The fourth-order valence-electron chi connectivity index (χ4n) is 1.51. The molecule has 6 heteroatoms. The van der Waals surface area contributed by atoms with Gasteiger partial charge in [0.15, 0.2) is 4.34 Å². The number of halogens is 1. The molecule has 0 saturated carbocycles. The smallest absolute Gasteiger partial charge is 0.174 e. The van der Waals surface area contributed by atoms with Gasteiger partial charge in [-0.25, -0.2) is 9.37 Å². The average molecular weight is 283 g/mol. The van der Waals surface area contributed by atoms with Crippen LogP contribution in [0.15, 0.2) is 27.4 Å². The van der Waals surface area contributed by atoms with Crippen molar-refractivity contribution in [1.29, 1.82) is 0 Å². The predicted octanol–water partition coefficient (Wildman–Crippen LogP) is 3.11. The van der Waals surface area contributed by atoms with Crippen LogP contribution in [0.4, 0.5) is 4.39 Å². The molecule has 0 unspecified atom stereocenters. The Morgan fingerprint density at radius 3 is 2.89 bits per heavy atom. The summed E-state index contributed by atoms with van der Waals surface area (Å²) in [6, 6.07) is 5.03. The van der Waals surface area contributed by atoms with Crippen LogP contribution in [0.5, 0.6) is 0 Å². The molecule has 2 aromatic rings. The van der Waals surface area contributed by atoms with Crippen molar-refractivity contribution in [1.82, 2.24) is 14.7 Å². The van der Waals surface area contributed by atoms with E-state index in [4.69, 9.17) is 0 Å². The molecule has 0 spiro atoms. The fraction of sp³-hybridized carbons (Fsp3) is 0.333. The molecule has 0 amide bonds. The van der Waals surface area contributed by atoms with Crippen LogP contribution in [-0.4, -0.2) is 16.4 Å². The number of nitrogens with one attached hydrogen (secondary N) is 1. The number of hydrogen-bond acceptors (Lipinski definition) is 5. The summed E-state index contributed by atoms with van der Waals surface area (Å²) in [5.74, 6) is 0.625. The highest BCUT2D eigenvalue weighted by molar-refractivity contribution is 8.01. The number of nitrogens with zero attached hydrogens (tertiary/aromatic N) is 2. The van der Waals surface area contributed by atoms with Crippen LogP contribution < -0.4 is 5.32 Å². The summed E-state index contributed by atoms with van der Waals surface area (Å²) >= 11 is 2.81. The molecule has 0 fully saturated rings. The minimum absolute atomic E-state index is 0.217. The minimum Gasteiger partial charge on any atom is -0.316 e. The number of rotatable bonds is 5. The quantitative estimate of drug-likeness (QED) is 0.915. The van der Waals surface area contributed by atoms with Crippen LogP contribution in [0.3, 0.4) is 0 Å². The van der Waals surface area contributed by atoms with E-state index >= 15 is 0 Å². The Labute approximate surface area is 114 Å². The summed E-state index contributed by atoms with van der Waals surface area (Å²) in [7, 11) is 1.84. The zero-order valence-corrected chi connectivity index (χ0v) is 11.9. The summed E-state index contributed by atoms with van der Waals surface area (Å²) in [6.45, 7) is 2.67.